The second-order valence-electron chi connectivity index (χ2n) is 3.60. The van der Waals surface area contributed by atoms with Crippen LogP contribution in [0.5, 0.6) is 17.4 Å². The minimum absolute atomic E-state index is 0.0131. The Morgan fingerprint density at radius 2 is 1.95 bits per heavy atom. The summed E-state index contributed by atoms with van der Waals surface area (Å²) in [4.78, 5) is 14.0. The molecule has 1 heterocycles. The van der Waals surface area contributed by atoms with Crippen molar-refractivity contribution in [2.75, 3.05) is 12.8 Å². The predicted molar refractivity (Wildman–Crippen MR) is 68.4 cm³/mol. The molecule has 2 aromatic rings. The summed E-state index contributed by atoms with van der Waals surface area (Å²) in [6, 6.07) is 9.25. The molecule has 7 heteroatoms. The van der Waals surface area contributed by atoms with Crippen molar-refractivity contribution < 1.29 is 14.4 Å². The third-order valence-electron chi connectivity index (χ3n) is 2.30. The van der Waals surface area contributed by atoms with Crippen LogP contribution in [0.15, 0.2) is 36.4 Å². The quantitative estimate of drug-likeness (QED) is 0.669. The van der Waals surface area contributed by atoms with Crippen molar-refractivity contribution in [2.24, 2.45) is 0 Å². The van der Waals surface area contributed by atoms with Crippen molar-refractivity contribution in [3.05, 3.63) is 46.5 Å². The van der Waals surface area contributed by atoms with Gasteiger partial charge in [-0.2, -0.15) is 4.98 Å². The van der Waals surface area contributed by atoms with Crippen molar-refractivity contribution in [3.8, 4) is 17.4 Å². The third kappa shape index (κ3) is 2.89. The highest BCUT2D eigenvalue weighted by Gasteiger charge is 2.12. The van der Waals surface area contributed by atoms with Gasteiger partial charge in [0, 0.05) is 0 Å². The summed E-state index contributed by atoms with van der Waals surface area (Å²) in [5.41, 5.74) is 5.31. The molecule has 0 aliphatic carbocycles. The molecule has 0 atom stereocenters. The Balaban J connectivity index is 2.35. The van der Waals surface area contributed by atoms with Gasteiger partial charge in [0.25, 0.3) is 5.69 Å². The lowest BCUT2D eigenvalue weighted by Crippen LogP contribution is -1.98. The molecule has 2 N–H and O–H groups in total. The van der Waals surface area contributed by atoms with Gasteiger partial charge < -0.3 is 15.2 Å². The van der Waals surface area contributed by atoms with Crippen molar-refractivity contribution in [1.29, 1.82) is 0 Å². The second kappa shape index (κ2) is 5.21. The number of nitrogen functional groups attached to an aromatic ring is 1. The number of nitro groups is 1. The van der Waals surface area contributed by atoms with Crippen LogP contribution in [-0.2, 0) is 0 Å². The summed E-state index contributed by atoms with van der Waals surface area (Å²) in [6.07, 6.45) is 0. The lowest BCUT2D eigenvalue weighted by atomic mass is 10.3. The van der Waals surface area contributed by atoms with Gasteiger partial charge in [0.1, 0.15) is 5.82 Å². The molecule has 1 aromatic heterocycles. The molecule has 19 heavy (non-hydrogen) atoms. The first-order valence-electron chi connectivity index (χ1n) is 5.33. The fourth-order valence-corrected chi connectivity index (χ4v) is 1.48. The van der Waals surface area contributed by atoms with Gasteiger partial charge >= 0.3 is 0 Å². The van der Waals surface area contributed by atoms with E-state index in [9.17, 15) is 10.1 Å². The standard InChI is InChI=1S/C12H11N3O4/c1-18-9-4-2-3-5-10(9)19-12-7-8(15(16)17)6-11(13)14-12/h2-7H,1H3,(H2,13,14). The van der Waals surface area contributed by atoms with Gasteiger partial charge in [0.2, 0.25) is 5.88 Å². The SMILES string of the molecule is COc1ccccc1Oc1cc([N+](=O)[O-])cc(N)n1. The molecule has 0 aliphatic heterocycles. The zero-order valence-electron chi connectivity index (χ0n) is 10.1. The molecule has 0 fully saturated rings. The highest BCUT2D eigenvalue weighted by Crippen LogP contribution is 2.31. The molecular weight excluding hydrogens is 250 g/mol. The molecule has 2 rings (SSSR count). The average Bonchev–Trinajstić information content (AvgIpc) is 2.38. The van der Waals surface area contributed by atoms with Gasteiger partial charge in [0.15, 0.2) is 11.5 Å². The Bertz CT molecular complexity index is 616. The average molecular weight is 261 g/mol. The number of ether oxygens (including phenoxy) is 2. The van der Waals surface area contributed by atoms with Crippen LogP contribution in [-0.4, -0.2) is 17.0 Å². The molecule has 7 nitrogen and oxygen atoms in total. The molecule has 0 radical (unpaired) electrons. The van der Waals surface area contributed by atoms with E-state index in [2.05, 4.69) is 4.98 Å². The summed E-state index contributed by atoms with van der Waals surface area (Å²) < 4.78 is 10.6. The Labute approximate surface area is 108 Å². The van der Waals surface area contributed by atoms with Gasteiger partial charge in [-0.3, -0.25) is 10.1 Å². The highest BCUT2D eigenvalue weighted by molar-refractivity contribution is 5.48. The van der Waals surface area contributed by atoms with Crippen molar-refractivity contribution in [2.45, 2.75) is 0 Å². The molecule has 0 spiro atoms. The number of benzene rings is 1. The monoisotopic (exact) mass is 261 g/mol. The molecule has 0 bridgehead atoms. The number of methoxy groups -OCH3 is 1. The van der Waals surface area contributed by atoms with E-state index in [0.717, 1.165) is 6.07 Å². The second-order valence-corrected chi connectivity index (χ2v) is 3.60. The number of hydrogen-bond donors (Lipinski definition) is 1. The number of nitrogens with zero attached hydrogens (tertiary/aromatic N) is 2. The van der Waals surface area contributed by atoms with Gasteiger partial charge in [-0.15, -0.1) is 0 Å². The van der Waals surface area contributed by atoms with Gasteiger partial charge in [-0.05, 0) is 12.1 Å². The van der Waals surface area contributed by atoms with Crippen LogP contribution in [0.2, 0.25) is 0 Å². The van der Waals surface area contributed by atoms with E-state index in [1.165, 1.54) is 13.2 Å². The van der Waals surface area contributed by atoms with Gasteiger partial charge in [-0.1, -0.05) is 12.1 Å². The Kier molecular flexibility index (Phi) is 3.46. The summed E-state index contributed by atoms with van der Waals surface area (Å²) in [6.45, 7) is 0. The number of aromatic nitrogens is 1. The zero-order valence-corrected chi connectivity index (χ0v) is 10.1. The van der Waals surface area contributed by atoms with E-state index in [4.69, 9.17) is 15.2 Å². The number of para-hydroxylation sites is 2. The van der Waals surface area contributed by atoms with E-state index >= 15 is 0 Å². The molecule has 0 saturated carbocycles. The van der Waals surface area contributed by atoms with Crippen molar-refractivity contribution in [1.82, 2.24) is 4.98 Å². The first-order chi connectivity index (χ1) is 9.10. The maximum absolute atomic E-state index is 10.7. The smallest absolute Gasteiger partial charge is 0.278 e. The summed E-state index contributed by atoms with van der Waals surface area (Å²) in [7, 11) is 1.50. The van der Waals surface area contributed by atoms with E-state index in [1.54, 1.807) is 24.3 Å². The molecule has 98 valence electrons. The Morgan fingerprint density at radius 1 is 1.26 bits per heavy atom. The maximum Gasteiger partial charge on any atom is 0.278 e. The van der Waals surface area contributed by atoms with E-state index in [-0.39, 0.29) is 17.4 Å². The van der Waals surface area contributed by atoms with Crippen LogP contribution in [0.25, 0.3) is 0 Å². The van der Waals surface area contributed by atoms with Gasteiger partial charge in [0.05, 0.1) is 24.2 Å². The molecule has 0 aliphatic rings. The number of hydrogen-bond acceptors (Lipinski definition) is 6. The van der Waals surface area contributed by atoms with E-state index in [0.29, 0.717) is 11.5 Å². The fraction of sp³-hybridized carbons (Fsp3) is 0.0833. The Morgan fingerprint density at radius 3 is 2.58 bits per heavy atom. The summed E-state index contributed by atoms with van der Waals surface area (Å²) in [5, 5.41) is 10.7. The lowest BCUT2D eigenvalue weighted by Gasteiger charge is -2.09. The van der Waals surface area contributed by atoms with Crippen LogP contribution < -0.4 is 15.2 Å². The largest absolute Gasteiger partial charge is 0.493 e. The lowest BCUT2D eigenvalue weighted by molar-refractivity contribution is -0.384. The van der Waals surface area contributed by atoms with E-state index in [1.807, 2.05) is 0 Å². The fourth-order valence-electron chi connectivity index (χ4n) is 1.48. The number of pyridine rings is 1. The van der Waals surface area contributed by atoms with Crippen molar-refractivity contribution in [3.63, 3.8) is 0 Å². The van der Waals surface area contributed by atoms with Crippen LogP contribution >= 0.6 is 0 Å². The van der Waals surface area contributed by atoms with Crippen LogP contribution in [0.1, 0.15) is 0 Å². The first-order valence-corrected chi connectivity index (χ1v) is 5.33. The zero-order chi connectivity index (χ0) is 13.8. The normalized spacial score (nSPS) is 9.95. The van der Waals surface area contributed by atoms with Crippen molar-refractivity contribution >= 4 is 11.5 Å². The number of anilines is 1. The molecule has 0 saturated heterocycles. The molecule has 1 aromatic carbocycles. The summed E-state index contributed by atoms with van der Waals surface area (Å²) in [5.74, 6) is 0.946. The minimum atomic E-state index is -0.562. The third-order valence-corrected chi connectivity index (χ3v) is 2.30. The van der Waals surface area contributed by atoms with Gasteiger partial charge in [-0.25, -0.2) is 0 Å². The topological polar surface area (TPSA) is 101 Å². The molecule has 0 unspecified atom stereocenters. The van der Waals surface area contributed by atoms with Crippen LogP contribution in [0, 0.1) is 10.1 Å². The predicted octanol–water partition coefficient (Wildman–Crippen LogP) is 2.37. The molecule has 0 amide bonds. The summed E-state index contributed by atoms with van der Waals surface area (Å²) >= 11 is 0. The van der Waals surface area contributed by atoms with Crippen LogP contribution in [0.3, 0.4) is 0 Å². The maximum atomic E-state index is 10.7. The highest BCUT2D eigenvalue weighted by atomic mass is 16.6. The number of nitrogens with two attached hydrogens (primary N) is 1. The minimum Gasteiger partial charge on any atom is -0.493 e. The van der Waals surface area contributed by atoms with Crippen LogP contribution in [0.4, 0.5) is 11.5 Å². The molecular formula is C12H11N3O4. The van der Waals surface area contributed by atoms with E-state index < -0.39 is 4.92 Å². The number of rotatable bonds is 4. The first kappa shape index (κ1) is 12.6. The Hall–Kier alpha value is -2.83.